The molecule has 0 bridgehead atoms. The summed E-state index contributed by atoms with van der Waals surface area (Å²) in [5.74, 6) is -0.489. The van der Waals surface area contributed by atoms with Crippen molar-refractivity contribution in [3.8, 4) is 17.1 Å². The summed E-state index contributed by atoms with van der Waals surface area (Å²) in [4.78, 5) is 31.0. The van der Waals surface area contributed by atoms with Crippen molar-refractivity contribution in [2.75, 3.05) is 7.11 Å². The molecule has 4 aromatic carbocycles. The Bertz CT molecular complexity index is 1750. The lowest BCUT2D eigenvalue weighted by Crippen LogP contribution is -2.10. The molecule has 1 aliphatic carbocycles. The fourth-order valence-corrected chi connectivity index (χ4v) is 5.04. The topological polar surface area (TPSA) is 92.3 Å². The maximum absolute atomic E-state index is 13.6. The number of nitrogens with zero attached hydrogens (tertiary/aromatic N) is 1. The molecule has 1 aliphatic rings. The molecule has 6 rings (SSSR count). The molecule has 42 heavy (non-hydrogen) atoms. The van der Waals surface area contributed by atoms with E-state index in [1.165, 1.54) is 37.4 Å². The van der Waals surface area contributed by atoms with E-state index in [4.69, 9.17) is 21.4 Å². The number of aromatic nitrogens is 2. The van der Waals surface area contributed by atoms with Crippen molar-refractivity contribution >= 4 is 34.4 Å². The first-order valence-electron chi connectivity index (χ1n) is 13.3. The second-order valence-electron chi connectivity index (χ2n) is 10.1. The number of carbonyl (C=O) groups excluding carboxylic acids is 1. The summed E-state index contributed by atoms with van der Waals surface area (Å²) < 4.78 is 31.6. The summed E-state index contributed by atoms with van der Waals surface area (Å²) in [6.07, 6.45) is 2.47. The molecule has 214 valence electrons. The van der Waals surface area contributed by atoms with Gasteiger partial charge in [-0.2, -0.15) is 0 Å². The molecule has 5 aromatic rings. The molecule has 1 unspecified atom stereocenters. The van der Waals surface area contributed by atoms with Crippen LogP contribution in [0.3, 0.4) is 0 Å². The van der Waals surface area contributed by atoms with Crippen LogP contribution in [-0.2, 0) is 0 Å². The summed E-state index contributed by atoms with van der Waals surface area (Å²) in [5, 5.41) is 9.65. The first kappa shape index (κ1) is 29.0. The van der Waals surface area contributed by atoms with Crippen LogP contribution in [0, 0.1) is 17.6 Å². The number of nitrogens with one attached hydrogen (secondary N) is 1. The Morgan fingerprint density at radius 1 is 1.00 bits per heavy atom. The molecule has 0 saturated heterocycles. The van der Waals surface area contributed by atoms with E-state index in [1.54, 1.807) is 42.5 Å². The molecule has 0 spiro atoms. The van der Waals surface area contributed by atoms with Crippen molar-refractivity contribution < 1.29 is 28.2 Å². The van der Waals surface area contributed by atoms with Gasteiger partial charge in [0.05, 0.1) is 23.7 Å². The van der Waals surface area contributed by atoms with Gasteiger partial charge in [0.1, 0.15) is 11.6 Å². The summed E-state index contributed by atoms with van der Waals surface area (Å²) in [6, 6.07) is 22.7. The van der Waals surface area contributed by atoms with Crippen molar-refractivity contribution in [2.45, 2.75) is 25.2 Å². The van der Waals surface area contributed by atoms with Gasteiger partial charge in [0, 0.05) is 34.7 Å². The number of halogens is 3. The van der Waals surface area contributed by atoms with Crippen LogP contribution < -0.4 is 4.74 Å². The van der Waals surface area contributed by atoms with Crippen LogP contribution in [0.4, 0.5) is 8.78 Å². The van der Waals surface area contributed by atoms with E-state index in [2.05, 4.69) is 9.97 Å². The van der Waals surface area contributed by atoms with Gasteiger partial charge in [0.25, 0.3) is 0 Å². The van der Waals surface area contributed by atoms with Gasteiger partial charge in [0.2, 0.25) is 0 Å². The van der Waals surface area contributed by atoms with Crippen molar-refractivity contribution in [3.05, 3.63) is 118 Å². The van der Waals surface area contributed by atoms with Gasteiger partial charge in [-0.3, -0.25) is 4.79 Å². The SMILES string of the molecule is COc1cc2nc(-c3cccc(Cl)c3)[nH]c2cc1F.O=C(O)c1cccc(C(=O)CC(c2ccc(F)cc2)C2CC2)c1. The van der Waals surface area contributed by atoms with Crippen molar-refractivity contribution in [2.24, 2.45) is 5.92 Å². The molecule has 0 aliphatic heterocycles. The number of imidazole rings is 1. The molecule has 0 amide bonds. The lowest BCUT2D eigenvalue weighted by Gasteiger charge is -2.16. The van der Waals surface area contributed by atoms with E-state index >= 15 is 0 Å². The molecule has 1 fully saturated rings. The Labute approximate surface area is 245 Å². The van der Waals surface area contributed by atoms with E-state index in [1.807, 2.05) is 12.1 Å². The number of hydrogen-bond donors (Lipinski definition) is 2. The zero-order chi connectivity index (χ0) is 29.8. The molecule has 1 heterocycles. The van der Waals surface area contributed by atoms with Crippen LogP contribution in [0.5, 0.6) is 5.75 Å². The largest absolute Gasteiger partial charge is 0.494 e. The number of ketones is 1. The summed E-state index contributed by atoms with van der Waals surface area (Å²) in [7, 11) is 1.43. The third-order valence-corrected chi connectivity index (χ3v) is 7.41. The monoisotopic (exact) mass is 588 g/mol. The fourth-order valence-electron chi connectivity index (χ4n) is 4.85. The maximum Gasteiger partial charge on any atom is 0.335 e. The van der Waals surface area contributed by atoms with Gasteiger partial charge < -0.3 is 14.8 Å². The average molecular weight is 589 g/mol. The Kier molecular flexibility index (Phi) is 8.64. The number of hydrogen-bond acceptors (Lipinski definition) is 4. The predicted molar refractivity (Wildman–Crippen MR) is 157 cm³/mol. The summed E-state index contributed by atoms with van der Waals surface area (Å²) in [5.41, 5.74) is 3.61. The molecule has 0 radical (unpaired) electrons. The number of benzene rings is 4. The van der Waals surface area contributed by atoms with E-state index in [0.717, 1.165) is 24.0 Å². The number of fused-ring (bicyclic) bond motifs is 1. The third kappa shape index (κ3) is 6.83. The van der Waals surface area contributed by atoms with Crippen molar-refractivity contribution in [1.82, 2.24) is 9.97 Å². The van der Waals surface area contributed by atoms with Gasteiger partial charge >= 0.3 is 5.97 Å². The number of aromatic carboxylic acids is 1. The van der Waals surface area contributed by atoms with Gasteiger partial charge in [-0.1, -0.05) is 48.0 Å². The van der Waals surface area contributed by atoms with Crippen LogP contribution in [0.2, 0.25) is 5.02 Å². The molecule has 9 heteroatoms. The Morgan fingerprint density at radius 3 is 2.38 bits per heavy atom. The maximum atomic E-state index is 13.6. The third-order valence-electron chi connectivity index (χ3n) is 7.18. The number of aromatic amines is 1. The second-order valence-corrected chi connectivity index (χ2v) is 10.5. The van der Waals surface area contributed by atoms with Gasteiger partial charge in [-0.25, -0.2) is 18.6 Å². The van der Waals surface area contributed by atoms with E-state index in [9.17, 15) is 18.4 Å². The lowest BCUT2D eigenvalue weighted by atomic mass is 9.87. The molecule has 1 saturated carbocycles. The fraction of sp³-hybridized carbons (Fsp3) is 0.182. The van der Waals surface area contributed by atoms with Crippen LogP contribution in [0.15, 0.2) is 84.9 Å². The molecular formula is C33H27ClF2N2O4. The predicted octanol–water partition coefficient (Wildman–Crippen LogP) is 8.32. The Hall–Kier alpha value is -4.56. The summed E-state index contributed by atoms with van der Waals surface area (Å²) >= 11 is 5.94. The highest BCUT2D eigenvalue weighted by Crippen LogP contribution is 2.45. The highest BCUT2D eigenvalue weighted by Gasteiger charge is 2.34. The number of H-pyrrole nitrogens is 1. The van der Waals surface area contributed by atoms with E-state index in [-0.39, 0.29) is 28.8 Å². The molecule has 2 N–H and O–H groups in total. The zero-order valence-electron chi connectivity index (χ0n) is 22.6. The van der Waals surface area contributed by atoms with Crippen molar-refractivity contribution in [1.29, 1.82) is 0 Å². The number of carbonyl (C=O) groups is 2. The molecular weight excluding hydrogens is 562 g/mol. The first-order valence-corrected chi connectivity index (χ1v) is 13.7. The number of methoxy groups -OCH3 is 1. The molecule has 6 nitrogen and oxygen atoms in total. The van der Waals surface area contributed by atoms with E-state index in [0.29, 0.717) is 39.8 Å². The van der Waals surface area contributed by atoms with Gasteiger partial charge in [-0.05, 0) is 66.6 Å². The Morgan fingerprint density at radius 2 is 1.71 bits per heavy atom. The van der Waals surface area contributed by atoms with Crippen LogP contribution in [-0.4, -0.2) is 33.9 Å². The minimum absolute atomic E-state index is 0.0663. The van der Waals surface area contributed by atoms with Gasteiger partial charge in [-0.15, -0.1) is 0 Å². The normalized spacial score (nSPS) is 13.2. The zero-order valence-corrected chi connectivity index (χ0v) is 23.4. The van der Waals surface area contributed by atoms with Crippen molar-refractivity contribution in [3.63, 3.8) is 0 Å². The first-order chi connectivity index (χ1) is 20.2. The highest BCUT2D eigenvalue weighted by molar-refractivity contribution is 6.30. The minimum atomic E-state index is -1.04. The number of ether oxygens (including phenoxy) is 1. The second kappa shape index (κ2) is 12.5. The van der Waals surface area contributed by atoms with Gasteiger partial charge in [0.15, 0.2) is 17.3 Å². The van der Waals surface area contributed by atoms with Crippen LogP contribution in [0.1, 0.15) is 51.5 Å². The van der Waals surface area contributed by atoms with Crippen LogP contribution in [0.25, 0.3) is 22.4 Å². The summed E-state index contributed by atoms with van der Waals surface area (Å²) in [6.45, 7) is 0. The molecule has 1 aromatic heterocycles. The lowest BCUT2D eigenvalue weighted by molar-refractivity contribution is 0.0697. The number of Topliss-reactive ketones (excluding diaryl/α,β-unsaturated/α-hetero) is 1. The Balaban J connectivity index is 0.000000171. The smallest absolute Gasteiger partial charge is 0.335 e. The quantitative estimate of drug-likeness (QED) is 0.178. The highest BCUT2D eigenvalue weighted by atomic mass is 35.5. The molecule has 1 atom stereocenters. The number of carboxylic acid groups (broad SMARTS) is 1. The van der Waals surface area contributed by atoms with Crippen LogP contribution >= 0.6 is 11.6 Å². The number of carboxylic acids is 1. The minimum Gasteiger partial charge on any atom is -0.494 e. The standard InChI is InChI=1S/C19H17FO3.C14H10ClFN2O/c20-16-8-6-13(7-9-16)17(12-4-5-12)11-18(21)14-2-1-3-15(10-14)19(22)23;1-19-13-7-12-11(6-10(13)16)17-14(18-12)8-3-2-4-9(15)5-8/h1-3,6-10,12,17H,4-5,11H2,(H,22,23);2-7H,1H3,(H,17,18). The van der Waals surface area contributed by atoms with E-state index < -0.39 is 11.8 Å². The number of rotatable bonds is 8. The average Bonchev–Trinajstić information content (AvgIpc) is 3.75.